The summed E-state index contributed by atoms with van der Waals surface area (Å²) in [6.07, 6.45) is 2.93. The van der Waals surface area contributed by atoms with Gasteiger partial charge in [0.1, 0.15) is 0 Å². The van der Waals surface area contributed by atoms with Gasteiger partial charge in [0, 0.05) is 19.5 Å². The smallest absolute Gasteiger partial charge is 0.236 e. The molecule has 4 N–H and O–H groups in total. The highest BCUT2D eigenvalue weighted by atomic mass is 32.2. The van der Waals surface area contributed by atoms with Crippen LogP contribution in [-0.4, -0.2) is 43.0 Å². The molecule has 0 bridgehead atoms. The molecule has 0 radical (unpaired) electrons. The Balaban J connectivity index is 3.64. The summed E-state index contributed by atoms with van der Waals surface area (Å²) in [6.45, 7) is 5.08. The lowest BCUT2D eigenvalue weighted by atomic mass is 10.2. The van der Waals surface area contributed by atoms with Crippen LogP contribution in [0.15, 0.2) is 0 Å². The second kappa shape index (κ2) is 10.2. The van der Waals surface area contributed by atoms with Gasteiger partial charge in [-0.1, -0.05) is 13.8 Å². The fourth-order valence-electron chi connectivity index (χ4n) is 1.21. The van der Waals surface area contributed by atoms with Gasteiger partial charge in [-0.25, -0.2) is 0 Å². The van der Waals surface area contributed by atoms with Crippen LogP contribution in [0.5, 0.6) is 0 Å². The van der Waals surface area contributed by atoms with Gasteiger partial charge in [0.25, 0.3) is 0 Å². The third-order valence-corrected chi connectivity index (χ3v) is 2.97. The summed E-state index contributed by atoms with van der Waals surface area (Å²) >= 11 is 1.66. The van der Waals surface area contributed by atoms with Crippen LogP contribution >= 0.6 is 11.8 Å². The van der Waals surface area contributed by atoms with E-state index in [0.29, 0.717) is 31.8 Å². The number of thioether (sulfide) groups is 1. The lowest BCUT2D eigenvalue weighted by molar-refractivity contribution is -0.123. The van der Waals surface area contributed by atoms with Gasteiger partial charge in [0.05, 0.1) is 6.04 Å². The first-order valence-electron chi connectivity index (χ1n) is 6.26. The molecule has 0 saturated heterocycles. The van der Waals surface area contributed by atoms with Crippen LogP contribution in [0.2, 0.25) is 0 Å². The molecule has 2 amide bonds. The predicted molar refractivity (Wildman–Crippen MR) is 76.4 cm³/mol. The van der Waals surface area contributed by atoms with Crippen LogP contribution in [0.1, 0.15) is 26.7 Å². The topological polar surface area (TPSA) is 84.2 Å². The van der Waals surface area contributed by atoms with Gasteiger partial charge in [0.2, 0.25) is 11.8 Å². The Kier molecular flexibility index (Phi) is 9.77. The van der Waals surface area contributed by atoms with Crippen molar-refractivity contribution in [3.8, 4) is 0 Å². The monoisotopic (exact) mass is 275 g/mol. The molecule has 0 aromatic heterocycles. The normalized spacial score (nSPS) is 12.3. The maximum atomic E-state index is 11.5. The summed E-state index contributed by atoms with van der Waals surface area (Å²) in [4.78, 5) is 22.9. The highest BCUT2D eigenvalue weighted by molar-refractivity contribution is 7.98. The van der Waals surface area contributed by atoms with E-state index in [9.17, 15) is 9.59 Å². The highest BCUT2D eigenvalue weighted by Crippen LogP contribution is 1.98. The van der Waals surface area contributed by atoms with E-state index in [2.05, 4.69) is 10.6 Å². The van der Waals surface area contributed by atoms with Crippen molar-refractivity contribution in [3.05, 3.63) is 0 Å². The van der Waals surface area contributed by atoms with Crippen LogP contribution in [0.3, 0.4) is 0 Å². The largest absolute Gasteiger partial charge is 0.356 e. The second-order valence-electron chi connectivity index (χ2n) is 4.63. The Morgan fingerprint density at radius 2 is 1.94 bits per heavy atom. The van der Waals surface area contributed by atoms with Crippen LogP contribution in [0, 0.1) is 5.92 Å². The van der Waals surface area contributed by atoms with Gasteiger partial charge >= 0.3 is 0 Å². The number of hydrogen-bond donors (Lipinski definition) is 3. The fraction of sp³-hybridized carbons (Fsp3) is 0.833. The quantitative estimate of drug-likeness (QED) is 0.567. The van der Waals surface area contributed by atoms with Crippen molar-refractivity contribution < 1.29 is 9.59 Å². The molecule has 0 aromatic rings. The van der Waals surface area contributed by atoms with E-state index in [4.69, 9.17) is 5.73 Å². The average Bonchev–Trinajstić information content (AvgIpc) is 2.33. The molecule has 6 heteroatoms. The lowest BCUT2D eigenvalue weighted by Gasteiger charge is -2.12. The van der Waals surface area contributed by atoms with Crippen LogP contribution in [0.4, 0.5) is 0 Å². The molecule has 0 saturated carbocycles. The molecule has 0 heterocycles. The van der Waals surface area contributed by atoms with E-state index < -0.39 is 6.04 Å². The van der Waals surface area contributed by atoms with Crippen LogP contribution in [0.25, 0.3) is 0 Å². The van der Waals surface area contributed by atoms with Crippen molar-refractivity contribution in [1.82, 2.24) is 10.6 Å². The number of nitrogens with one attached hydrogen (secondary N) is 2. The average molecular weight is 275 g/mol. The highest BCUT2D eigenvalue weighted by Gasteiger charge is 2.12. The van der Waals surface area contributed by atoms with Gasteiger partial charge < -0.3 is 16.4 Å². The molecule has 0 rings (SSSR count). The predicted octanol–water partition coefficient (Wildman–Crippen LogP) is 0.345. The first-order chi connectivity index (χ1) is 8.47. The number of amides is 2. The van der Waals surface area contributed by atoms with Gasteiger partial charge in [-0.15, -0.1) is 0 Å². The van der Waals surface area contributed by atoms with E-state index in [0.717, 1.165) is 5.75 Å². The van der Waals surface area contributed by atoms with E-state index >= 15 is 0 Å². The third-order valence-electron chi connectivity index (χ3n) is 2.33. The van der Waals surface area contributed by atoms with Crippen molar-refractivity contribution in [2.45, 2.75) is 32.7 Å². The Bertz CT molecular complexity index is 260. The Morgan fingerprint density at radius 1 is 1.28 bits per heavy atom. The zero-order valence-corrected chi connectivity index (χ0v) is 12.3. The van der Waals surface area contributed by atoms with Crippen molar-refractivity contribution >= 4 is 23.6 Å². The number of carbonyl (C=O) groups is 2. The fourth-order valence-corrected chi connectivity index (χ4v) is 1.70. The standard InChI is InChI=1S/C12H25N3O2S/c1-9(2)8-15-11(16)4-6-14-12(17)10(13)5-7-18-3/h9-10H,4-8,13H2,1-3H3,(H,14,17)(H,15,16)/t10-/m0/s1. The molecule has 0 aliphatic rings. The Morgan fingerprint density at radius 3 is 2.50 bits per heavy atom. The maximum Gasteiger partial charge on any atom is 0.236 e. The molecule has 5 nitrogen and oxygen atoms in total. The summed E-state index contributed by atoms with van der Waals surface area (Å²) in [6, 6.07) is -0.476. The molecule has 0 aromatic carbocycles. The minimum atomic E-state index is -0.476. The van der Waals surface area contributed by atoms with Gasteiger partial charge in [-0.05, 0) is 24.3 Å². The molecule has 0 spiro atoms. The number of carbonyl (C=O) groups excluding carboxylic acids is 2. The molecule has 0 fully saturated rings. The minimum Gasteiger partial charge on any atom is -0.356 e. The summed E-state index contributed by atoms with van der Waals surface area (Å²) in [5, 5.41) is 5.47. The molecule has 18 heavy (non-hydrogen) atoms. The van der Waals surface area contributed by atoms with Crippen molar-refractivity contribution in [1.29, 1.82) is 0 Å². The molecular formula is C12H25N3O2S. The first-order valence-corrected chi connectivity index (χ1v) is 7.65. The van der Waals surface area contributed by atoms with Crippen molar-refractivity contribution in [3.63, 3.8) is 0 Å². The van der Waals surface area contributed by atoms with E-state index in [1.165, 1.54) is 0 Å². The number of hydrogen-bond acceptors (Lipinski definition) is 4. The first kappa shape index (κ1) is 17.2. The Hall–Kier alpha value is -0.750. The van der Waals surface area contributed by atoms with E-state index in [1.807, 2.05) is 20.1 Å². The SMILES string of the molecule is CSCC[C@H](N)C(=O)NCCC(=O)NCC(C)C. The minimum absolute atomic E-state index is 0.0401. The summed E-state index contributed by atoms with van der Waals surface area (Å²) < 4.78 is 0. The number of rotatable bonds is 9. The van der Waals surface area contributed by atoms with Gasteiger partial charge in [0.15, 0.2) is 0 Å². The molecule has 1 atom stereocenters. The van der Waals surface area contributed by atoms with Crippen LogP contribution < -0.4 is 16.4 Å². The molecular weight excluding hydrogens is 250 g/mol. The number of nitrogens with two attached hydrogens (primary N) is 1. The third kappa shape index (κ3) is 9.30. The summed E-state index contributed by atoms with van der Waals surface area (Å²) in [5.41, 5.74) is 5.69. The Labute approximate surface area is 114 Å². The van der Waals surface area contributed by atoms with E-state index in [1.54, 1.807) is 11.8 Å². The summed E-state index contributed by atoms with van der Waals surface area (Å²) in [5.74, 6) is 1.08. The second-order valence-corrected chi connectivity index (χ2v) is 5.61. The van der Waals surface area contributed by atoms with Gasteiger partial charge in [-0.3, -0.25) is 9.59 Å². The molecule has 106 valence electrons. The zero-order chi connectivity index (χ0) is 14.0. The lowest BCUT2D eigenvalue weighted by Crippen LogP contribution is -2.42. The molecule has 0 unspecified atom stereocenters. The molecule has 0 aliphatic carbocycles. The maximum absolute atomic E-state index is 11.5. The van der Waals surface area contributed by atoms with Gasteiger partial charge in [-0.2, -0.15) is 11.8 Å². The van der Waals surface area contributed by atoms with Crippen molar-refractivity contribution in [2.24, 2.45) is 11.7 Å². The van der Waals surface area contributed by atoms with Crippen molar-refractivity contribution in [2.75, 3.05) is 25.1 Å². The van der Waals surface area contributed by atoms with E-state index in [-0.39, 0.29) is 11.8 Å². The zero-order valence-electron chi connectivity index (χ0n) is 11.5. The van der Waals surface area contributed by atoms with Crippen LogP contribution in [-0.2, 0) is 9.59 Å². The molecule has 0 aliphatic heterocycles. The summed E-state index contributed by atoms with van der Waals surface area (Å²) in [7, 11) is 0.